The molecule has 7 nitrogen and oxygen atoms in total. The molecule has 0 bridgehead atoms. The number of carbonyl (C=O) groups excluding carboxylic acids is 2. The second-order valence-electron chi connectivity index (χ2n) is 8.17. The molecular weight excluding hydrogens is 452 g/mol. The number of ether oxygens (including phenoxy) is 1. The van der Waals surface area contributed by atoms with Crippen LogP contribution in [-0.4, -0.2) is 26.9 Å². The molecule has 0 aromatic heterocycles. The van der Waals surface area contributed by atoms with E-state index in [1.807, 2.05) is 19.9 Å². The molecular formula is C26H28N2O5S. The van der Waals surface area contributed by atoms with Crippen molar-refractivity contribution in [2.75, 3.05) is 16.6 Å². The van der Waals surface area contributed by atoms with Gasteiger partial charge >= 0.3 is 5.97 Å². The number of benzene rings is 3. The van der Waals surface area contributed by atoms with Crippen molar-refractivity contribution in [1.82, 2.24) is 0 Å². The molecule has 0 heterocycles. The lowest BCUT2D eigenvalue weighted by atomic mass is 10.1. The van der Waals surface area contributed by atoms with Gasteiger partial charge in [0.1, 0.15) is 0 Å². The number of nitrogens with one attached hydrogen (secondary N) is 2. The van der Waals surface area contributed by atoms with E-state index in [0.29, 0.717) is 28.1 Å². The first-order valence-electron chi connectivity index (χ1n) is 10.8. The van der Waals surface area contributed by atoms with Gasteiger partial charge in [0.05, 0.1) is 17.1 Å². The molecule has 0 aliphatic rings. The van der Waals surface area contributed by atoms with Gasteiger partial charge in [0, 0.05) is 16.9 Å². The molecule has 0 radical (unpaired) electrons. The van der Waals surface area contributed by atoms with Crippen molar-refractivity contribution in [1.29, 1.82) is 0 Å². The molecule has 0 spiro atoms. The Kier molecular flexibility index (Phi) is 7.41. The smallest absolute Gasteiger partial charge is 0.338 e. The van der Waals surface area contributed by atoms with E-state index < -0.39 is 21.9 Å². The molecule has 178 valence electrons. The zero-order valence-electron chi connectivity index (χ0n) is 19.9. The number of aryl methyl sites for hydroxylation is 4. The summed E-state index contributed by atoms with van der Waals surface area (Å²) >= 11 is 0. The van der Waals surface area contributed by atoms with Crippen molar-refractivity contribution in [3.05, 3.63) is 88.0 Å². The van der Waals surface area contributed by atoms with Crippen LogP contribution in [0.1, 0.15) is 49.9 Å². The summed E-state index contributed by atoms with van der Waals surface area (Å²) in [4.78, 5) is 24.8. The van der Waals surface area contributed by atoms with Gasteiger partial charge in [-0.1, -0.05) is 12.1 Å². The normalized spacial score (nSPS) is 11.1. The van der Waals surface area contributed by atoms with Crippen LogP contribution in [-0.2, 0) is 14.8 Å². The minimum atomic E-state index is -3.92. The maximum absolute atomic E-state index is 13.1. The fourth-order valence-corrected chi connectivity index (χ4v) is 4.93. The van der Waals surface area contributed by atoms with Crippen LogP contribution >= 0.6 is 0 Å². The third-order valence-electron chi connectivity index (χ3n) is 5.20. The van der Waals surface area contributed by atoms with E-state index in [-0.39, 0.29) is 17.1 Å². The summed E-state index contributed by atoms with van der Waals surface area (Å²) in [6, 6.07) is 14.8. The lowest BCUT2D eigenvalue weighted by Gasteiger charge is -2.14. The summed E-state index contributed by atoms with van der Waals surface area (Å²) in [6.07, 6.45) is 0. The SMILES string of the molecule is CCOC(=O)c1ccc(NC(=O)c2ccc(C)c(S(=O)(=O)Nc3cc(C)cc(C)c3)c2)c(C)c1. The molecule has 0 aliphatic carbocycles. The molecule has 3 aromatic rings. The van der Waals surface area contributed by atoms with E-state index in [1.165, 1.54) is 6.07 Å². The highest BCUT2D eigenvalue weighted by atomic mass is 32.2. The van der Waals surface area contributed by atoms with Crippen LogP contribution in [0.5, 0.6) is 0 Å². The van der Waals surface area contributed by atoms with E-state index in [4.69, 9.17) is 4.74 Å². The maximum atomic E-state index is 13.1. The molecule has 0 aliphatic heterocycles. The average molecular weight is 481 g/mol. The van der Waals surface area contributed by atoms with Crippen molar-refractivity contribution in [2.45, 2.75) is 39.5 Å². The molecule has 34 heavy (non-hydrogen) atoms. The lowest BCUT2D eigenvalue weighted by Crippen LogP contribution is -2.17. The van der Waals surface area contributed by atoms with Crippen molar-refractivity contribution in [3.8, 4) is 0 Å². The van der Waals surface area contributed by atoms with Gasteiger partial charge in [-0.15, -0.1) is 0 Å². The van der Waals surface area contributed by atoms with Gasteiger partial charge < -0.3 is 10.1 Å². The van der Waals surface area contributed by atoms with Crippen LogP contribution in [0.2, 0.25) is 0 Å². The summed E-state index contributed by atoms with van der Waals surface area (Å²) in [5.41, 5.74) is 4.62. The Hall–Kier alpha value is -3.65. The molecule has 1 amide bonds. The van der Waals surface area contributed by atoms with Crippen molar-refractivity contribution in [2.24, 2.45) is 0 Å². The van der Waals surface area contributed by atoms with Crippen molar-refractivity contribution in [3.63, 3.8) is 0 Å². The van der Waals surface area contributed by atoms with Gasteiger partial charge in [-0.3, -0.25) is 9.52 Å². The lowest BCUT2D eigenvalue weighted by molar-refractivity contribution is 0.0526. The number of hydrogen-bond acceptors (Lipinski definition) is 5. The molecule has 3 aromatic carbocycles. The quantitative estimate of drug-likeness (QED) is 0.456. The first-order chi connectivity index (χ1) is 16.0. The second-order valence-corrected chi connectivity index (χ2v) is 9.82. The van der Waals surface area contributed by atoms with E-state index >= 15 is 0 Å². The molecule has 0 fully saturated rings. The van der Waals surface area contributed by atoms with Gasteiger partial charge in [-0.25, -0.2) is 13.2 Å². The number of rotatable bonds is 7. The predicted molar refractivity (Wildman–Crippen MR) is 133 cm³/mol. The monoisotopic (exact) mass is 480 g/mol. The fourth-order valence-electron chi connectivity index (χ4n) is 3.61. The van der Waals surface area contributed by atoms with Crippen molar-refractivity contribution < 1.29 is 22.7 Å². The van der Waals surface area contributed by atoms with Crippen LogP contribution in [0.4, 0.5) is 11.4 Å². The molecule has 8 heteroatoms. The Balaban J connectivity index is 1.85. The van der Waals surface area contributed by atoms with Crippen LogP contribution < -0.4 is 10.0 Å². The molecule has 0 saturated heterocycles. The highest BCUT2D eigenvalue weighted by Crippen LogP contribution is 2.24. The zero-order valence-corrected chi connectivity index (χ0v) is 20.7. The average Bonchev–Trinajstić information content (AvgIpc) is 2.74. The Bertz CT molecular complexity index is 1340. The minimum Gasteiger partial charge on any atom is -0.462 e. The molecule has 3 rings (SSSR count). The first kappa shape index (κ1) is 25.0. The van der Waals surface area contributed by atoms with Gasteiger partial charge in [0.2, 0.25) is 0 Å². The highest BCUT2D eigenvalue weighted by Gasteiger charge is 2.20. The van der Waals surface area contributed by atoms with E-state index in [0.717, 1.165) is 11.1 Å². The van der Waals surface area contributed by atoms with E-state index in [1.54, 1.807) is 63.2 Å². The summed E-state index contributed by atoms with van der Waals surface area (Å²) in [7, 11) is -3.92. The van der Waals surface area contributed by atoms with Gasteiger partial charge in [0.15, 0.2) is 0 Å². The number of esters is 1. The van der Waals surface area contributed by atoms with Gasteiger partial charge in [-0.05, 0) is 99.3 Å². The van der Waals surface area contributed by atoms with Crippen LogP contribution in [0.25, 0.3) is 0 Å². The minimum absolute atomic E-state index is 0.0219. The second kappa shape index (κ2) is 10.1. The van der Waals surface area contributed by atoms with E-state index in [9.17, 15) is 18.0 Å². The molecule has 0 unspecified atom stereocenters. The number of sulfonamides is 1. The van der Waals surface area contributed by atoms with Crippen LogP contribution in [0.15, 0.2) is 59.5 Å². The number of hydrogen-bond donors (Lipinski definition) is 2. The predicted octanol–water partition coefficient (Wildman–Crippen LogP) is 5.15. The summed E-state index contributed by atoms with van der Waals surface area (Å²) < 4.78 is 33.8. The van der Waals surface area contributed by atoms with Gasteiger partial charge in [-0.2, -0.15) is 0 Å². The highest BCUT2D eigenvalue weighted by molar-refractivity contribution is 7.92. The number of anilines is 2. The first-order valence-corrected chi connectivity index (χ1v) is 12.3. The fraction of sp³-hybridized carbons (Fsp3) is 0.231. The summed E-state index contributed by atoms with van der Waals surface area (Å²) in [5.74, 6) is -0.900. The van der Waals surface area contributed by atoms with Crippen LogP contribution in [0, 0.1) is 27.7 Å². The number of amides is 1. The van der Waals surface area contributed by atoms with Gasteiger partial charge in [0.25, 0.3) is 15.9 Å². The van der Waals surface area contributed by atoms with Crippen molar-refractivity contribution >= 4 is 33.3 Å². The number of carbonyl (C=O) groups is 2. The maximum Gasteiger partial charge on any atom is 0.338 e. The zero-order chi connectivity index (χ0) is 25.0. The Morgan fingerprint density at radius 3 is 2.09 bits per heavy atom. The largest absolute Gasteiger partial charge is 0.462 e. The Morgan fingerprint density at radius 1 is 0.824 bits per heavy atom. The molecule has 0 saturated carbocycles. The Morgan fingerprint density at radius 2 is 1.47 bits per heavy atom. The summed E-state index contributed by atoms with van der Waals surface area (Å²) in [5, 5.41) is 2.78. The van der Waals surface area contributed by atoms with E-state index in [2.05, 4.69) is 10.0 Å². The summed E-state index contributed by atoms with van der Waals surface area (Å²) in [6.45, 7) is 9.22. The topological polar surface area (TPSA) is 102 Å². The third kappa shape index (κ3) is 5.82. The molecule has 2 N–H and O–H groups in total. The molecule has 0 atom stereocenters. The Labute approximate surface area is 200 Å². The van der Waals surface area contributed by atoms with Crippen LogP contribution in [0.3, 0.4) is 0 Å². The standard InChI is InChI=1S/C26H28N2O5S/c1-6-33-26(30)21-9-10-23(19(5)14-21)27-25(29)20-8-7-18(4)24(15-20)34(31,32)28-22-12-16(2)11-17(3)13-22/h7-15,28H,6H2,1-5H3,(H,27,29). The third-order valence-corrected chi connectivity index (χ3v) is 6.72.